The Labute approximate surface area is 156 Å². The van der Waals surface area contributed by atoms with E-state index in [0.29, 0.717) is 5.56 Å². The maximum absolute atomic E-state index is 12.7. The lowest BCUT2D eigenvalue weighted by Crippen LogP contribution is -2.37. The van der Waals surface area contributed by atoms with Gasteiger partial charge in [0.25, 0.3) is 11.8 Å². The van der Waals surface area contributed by atoms with Crippen LogP contribution in [-0.4, -0.2) is 31.7 Å². The number of benzene rings is 3. The van der Waals surface area contributed by atoms with Crippen molar-refractivity contribution in [2.24, 2.45) is 5.10 Å². The van der Waals surface area contributed by atoms with Crippen molar-refractivity contribution in [2.45, 2.75) is 0 Å². The topological polar surface area (TPSA) is 71.0 Å². The molecular formula is C21H17N3O3. The predicted octanol–water partition coefficient (Wildman–Crippen LogP) is 2.96. The molecule has 0 fully saturated rings. The first-order valence-electron chi connectivity index (χ1n) is 8.47. The number of rotatable bonds is 5. The number of carbonyl (C=O) groups is 2. The van der Waals surface area contributed by atoms with E-state index in [1.165, 1.54) is 4.90 Å². The second-order valence-electron chi connectivity index (χ2n) is 6.14. The van der Waals surface area contributed by atoms with Crippen molar-refractivity contribution in [3.05, 3.63) is 71.8 Å². The normalized spacial score (nSPS) is 12.8. The third kappa shape index (κ3) is 3.13. The van der Waals surface area contributed by atoms with Gasteiger partial charge in [-0.05, 0) is 47.3 Å². The number of nitrogens with one attached hydrogen (secondary N) is 1. The van der Waals surface area contributed by atoms with Gasteiger partial charge in [0.15, 0.2) is 0 Å². The fourth-order valence-electron chi connectivity index (χ4n) is 3.18. The summed E-state index contributed by atoms with van der Waals surface area (Å²) in [5.41, 5.74) is 4.67. The highest BCUT2D eigenvalue weighted by atomic mass is 16.5. The molecule has 0 spiro atoms. The smallest absolute Gasteiger partial charge is 0.260 e. The number of methoxy groups -OCH3 is 1. The summed E-state index contributed by atoms with van der Waals surface area (Å²) in [7, 11) is 1.60. The molecule has 1 N–H and O–H groups in total. The van der Waals surface area contributed by atoms with Crippen LogP contribution < -0.4 is 15.1 Å². The summed E-state index contributed by atoms with van der Waals surface area (Å²) in [4.78, 5) is 26.4. The minimum absolute atomic E-state index is 0.0907. The number of hydrazone groups is 1. The summed E-state index contributed by atoms with van der Waals surface area (Å²) in [5.74, 6) is 0.214. The van der Waals surface area contributed by atoms with Crippen LogP contribution >= 0.6 is 0 Å². The monoisotopic (exact) mass is 359 g/mol. The molecule has 6 nitrogen and oxygen atoms in total. The Kier molecular flexibility index (Phi) is 4.30. The Balaban J connectivity index is 1.45. The number of anilines is 1. The number of hydrogen-bond donors (Lipinski definition) is 1. The standard InChI is InChI=1S/C21H17N3O3/c1-27-16-10-8-14(9-11-16)12-22-23-19(25)13-24-18-7-3-5-15-4-2-6-17(20(15)18)21(24)26/h2-12H,13H2,1H3,(H,23,25)/b22-12+. The molecule has 1 heterocycles. The molecule has 134 valence electrons. The first-order chi connectivity index (χ1) is 13.2. The Bertz CT molecular complexity index is 1050. The average Bonchev–Trinajstić information content (AvgIpc) is 2.97. The van der Waals surface area contributed by atoms with Crippen LogP contribution in [0, 0.1) is 0 Å². The van der Waals surface area contributed by atoms with Gasteiger partial charge in [-0.3, -0.25) is 14.5 Å². The van der Waals surface area contributed by atoms with E-state index in [1.54, 1.807) is 19.4 Å². The molecule has 0 atom stereocenters. The van der Waals surface area contributed by atoms with Crippen LogP contribution in [0.5, 0.6) is 5.75 Å². The molecule has 0 saturated carbocycles. The number of ether oxygens (including phenoxy) is 1. The van der Waals surface area contributed by atoms with Gasteiger partial charge in [0.05, 0.1) is 19.0 Å². The van der Waals surface area contributed by atoms with Crippen LogP contribution in [0.3, 0.4) is 0 Å². The lowest BCUT2D eigenvalue weighted by molar-refractivity contribution is -0.119. The number of carbonyl (C=O) groups excluding carboxylic acids is 2. The Morgan fingerprint density at radius 1 is 1.11 bits per heavy atom. The van der Waals surface area contributed by atoms with Crippen molar-refractivity contribution in [2.75, 3.05) is 18.6 Å². The lowest BCUT2D eigenvalue weighted by atomic mass is 10.1. The van der Waals surface area contributed by atoms with Crippen LogP contribution in [0.25, 0.3) is 10.8 Å². The second-order valence-corrected chi connectivity index (χ2v) is 6.14. The molecule has 0 aromatic heterocycles. The van der Waals surface area contributed by atoms with E-state index in [2.05, 4.69) is 10.5 Å². The molecule has 0 aliphatic carbocycles. The molecule has 6 heteroatoms. The molecule has 3 aromatic rings. The Morgan fingerprint density at radius 3 is 2.59 bits per heavy atom. The first kappa shape index (κ1) is 16.8. The van der Waals surface area contributed by atoms with Gasteiger partial charge in [0.1, 0.15) is 12.3 Å². The van der Waals surface area contributed by atoms with E-state index in [0.717, 1.165) is 27.8 Å². The summed E-state index contributed by atoms with van der Waals surface area (Å²) >= 11 is 0. The zero-order valence-electron chi connectivity index (χ0n) is 14.7. The summed E-state index contributed by atoms with van der Waals surface area (Å²) in [6.07, 6.45) is 1.54. The van der Waals surface area contributed by atoms with E-state index < -0.39 is 0 Å². The van der Waals surface area contributed by atoms with Gasteiger partial charge in [-0.15, -0.1) is 0 Å². The van der Waals surface area contributed by atoms with E-state index in [1.807, 2.05) is 54.6 Å². The maximum atomic E-state index is 12.7. The van der Waals surface area contributed by atoms with Crippen molar-refractivity contribution < 1.29 is 14.3 Å². The summed E-state index contributed by atoms with van der Waals surface area (Å²) < 4.78 is 5.10. The highest BCUT2D eigenvalue weighted by molar-refractivity contribution is 6.26. The van der Waals surface area contributed by atoms with Gasteiger partial charge in [0.2, 0.25) is 0 Å². The van der Waals surface area contributed by atoms with Crippen molar-refractivity contribution in [3.8, 4) is 5.75 Å². The Morgan fingerprint density at radius 2 is 1.85 bits per heavy atom. The minimum atomic E-state index is -0.363. The van der Waals surface area contributed by atoms with E-state index >= 15 is 0 Å². The minimum Gasteiger partial charge on any atom is -0.497 e. The molecule has 0 unspecified atom stereocenters. The van der Waals surface area contributed by atoms with E-state index in [-0.39, 0.29) is 18.4 Å². The Hall–Kier alpha value is -3.67. The lowest BCUT2D eigenvalue weighted by Gasteiger charge is -2.16. The number of nitrogens with zero attached hydrogens (tertiary/aromatic N) is 2. The fraction of sp³-hybridized carbons (Fsp3) is 0.0952. The molecule has 1 aliphatic heterocycles. The van der Waals surface area contributed by atoms with Crippen LogP contribution in [-0.2, 0) is 4.79 Å². The first-order valence-corrected chi connectivity index (χ1v) is 8.47. The van der Waals surface area contributed by atoms with Gasteiger partial charge in [-0.1, -0.05) is 24.3 Å². The van der Waals surface area contributed by atoms with E-state index in [9.17, 15) is 9.59 Å². The van der Waals surface area contributed by atoms with Gasteiger partial charge in [-0.25, -0.2) is 5.43 Å². The van der Waals surface area contributed by atoms with Crippen molar-refractivity contribution >= 4 is 34.5 Å². The molecular weight excluding hydrogens is 342 g/mol. The zero-order valence-corrected chi connectivity index (χ0v) is 14.7. The molecule has 3 aromatic carbocycles. The quantitative estimate of drug-likeness (QED) is 0.562. The third-order valence-electron chi connectivity index (χ3n) is 4.47. The molecule has 1 aliphatic rings. The highest BCUT2D eigenvalue weighted by Gasteiger charge is 2.30. The fourth-order valence-corrected chi connectivity index (χ4v) is 3.18. The zero-order chi connectivity index (χ0) is 18.8. The van der Waals surface area contributed by atoms with Crippen molar-refractivity contribution in [1.29, 1.82) is 0 Å². The second kappa shape index (κ2) is 6.92. The largest absolute Gasteiger partial charge is 0.497 e. The molecule has 27 heavy (non-hydrogen) atoms. The summed E-state index contributed by atoms with van der Waals surface area (Å²) in [6.45, 7) is -0.0907. The van der Waals surface area contributed by atoms with Crippen molar-refractivity contribution in [1.82, 2.24) is 5.43 Å². The van der Waals surface area contributed by atoms with Crippen LogP contribution in [0.15, 0.2) is 65.8 Å². The number of hydrogen-bond acceptors (Lipinski definition) is 4. The van der Waals surface area contributed by atoms with Gasteiger partial charge >= 0.3 is 0 Å². The maximum Gasteiger partial charge on any atom is 0.260 e. The van der Waals surface area contributed by atoms with Gasteiger partial charge < -0.3 is 4.74 Å². The van der Waals surface area contributed by atoms with Crippen LogP contribution in [0.2, 0.25) is 0 Å². The van der Waals surface area contributed by atoms with Crippen LogP contribution in [0.4, 0.5) is 5.69 Å². The SMILES string of the molecule is COc1ccc(/C=N/NC(=O)CN2C(=O)c3cccc4cccc2c34)cc1. The molecule has 4 rings (SSSR count). The molecule has 0 saturated heterocycles. The van der Waals surface area contributed by atoms with Gasteiger partial charge in [0, 0.05) is 10.9 Å². The molecule has 0 bridgehead atoms. The third-order valence-corrected chi connectivity index (χ3v) is 4.47. The summed E-state index contributed by atoms with van der Waals surface area (Å²) in [5, 5.41) is 5.83. The van der Waals surface area contributed by atoms with Gasteiger partial charge in [-0.2, -0.15) is 5.10 Å². The van der Waals surface area contributed by atoms with E-state index in [4.69, 9.17) is 4.74 Å². The summed E-state index contributed by atoms with van der Waals surface area (Å²) in [6, 6.07) is 18.6. The average molecular weight is 359 g/mol. The molecule has 2 amide bonds. The van der Waals surface area contributed by atoms with Crippen LogP contribution in [0.1, 0.15) is 15.9 Å². The predicted molar refractivity (Wildman–Crippen MR) is 104 cm³/mol. The number of amides is 2. The molecule has 0 radical (unpaired) electrons. The highest BCUT2D eigenvalue weighted by Crippen LogP contribution is 2.36. The van der Waals surface area contributed by atoms with Crippen molar-refractivity contribution in [3.63, 3.8) is 0 Å².